The molecule has 2 rings (SSSR count). The summed E-state index contributed by atoms with van der Waals surface area (Å²) in [6.45, 7) is 1.37. The van der Waals surface area contributed by atoms with Crippen molar-refractivity contribution in [3.63, 3.8) is 0 Å². The lowest BCUT2D eigenvalue weighted by Gasteiger charge is -2.27. The fourth-order valence-electron chi connectivity index (χ4n) is 1.67. The van der Waals surface area contributed by atoms with Crippen LogP contribution in [0.3, 0.4) is 0 Å². The number of carbonyl (C=O) groups is 1. The Morgan fingerprint density at radius 3 is 2.53 bits per heavy atom. The molecule has 0 saturated carbocycles. The van der Waals surface area contributed by atoms with E-state index in [0.29, 0.717) is 22.0 Å². The smallest absolute Gasteiger partial charge is 0.258 e. The van der Waals surface area contributed by atoms with E-state index in [4.69, 9.17) is 0 Å². The van der Waals surface area contributed by atoms with Crippen molar-refractivity contribution in [3.05, 3.63) is 32.5 Å². The third kappa shape index (κ3) is 3.03. The molecule has 0 aromatic heterocycles. The second-order valence-corrected chi connectivity index (χ2v) is 6.64. The molecule has 1 amide bonds. The second-order valence-electron chi connectivity index (χ2n) is 3.65. The van der Waals surface area contributed by atoms with Gasteiger partial charge in [0.15, 0.2) is 0 Å². The van der Waals surface area contributed by atoms with Gasteiger partial charge in [0.05, 0.1) is 5.56 Å². The highest BCUT2D eigenvalue weighted by Gasteiger charge is 2.23. The number of rotatable bonds is 1. The highest BCUT2D eigenvalue weighted by Crippen LogP contribution is 2.27. The van der Waals surface area contributed by atoms with E-state index in [1.54, 1.807) is 11.0 Å². The third-order valence-electron chi connectivity index (χ3n) is 2.52. The van der Waals surface area contributed by atoms with E-state index in [0.717, 1.165) is 11.5 Å². The topological polar surface area (TPSA) is 20.3 Å². The first-order valence-corrected chi connectivity index (χ1v) is 7.85. The van der Waals surface area contributed by atoms with Gasteiger partial charge in [-0.15, -0.1) is 0 Å². The normalized spacial score (nSPS) is 16.1. The lowest BCUT2D eigenvalue weighted by Crippen LogP contribution is -2.38. The minimum absolute atomic E-state index is 0.125. The first-order valence-electron chi connectivity index (χ1n) is 5.11. The molecule has 1 fully saturated rings. The summed E-state index contributed by atoms with van der Waals surface area (Å²) in [4.78, 5) is 13.9. The second kappa shape index (κ2) is 5.71. The zero-order valence-electron chi connectivity index (χ0n) is 8.88. The molecule has 0 bridgehead atoms. The Balaban J connectivity index is 2.30. The van der Waals surface area contributed by atoms with Crippen LogP contribution in [0.2, 0.25) is 0 Å². The molecule has 0 atom stereocenters. The van der Waals surface area contributed by atoms with Gasteiger partial charge >= 0.3 is 0 Å². The zero-order chi connectivity index (χ0) is 12.4. The maximum atomic E-state index is 13.8. The Labute approximate surface area is 120 Å². The maximum Gasteiger partial charge on any atom is 0.258 e. The standard InChI is InChI=1S/C11H10Br2FNOS/c12-7-5-8(13)10(9(14)6-7)11(16)15-1-3-17-4-2-15/h5-6H,1-4H2. The van der Waals surface area contributed by atoms with Crippen molar-refractivity contribution in [1.29, 1.82) is 0 Å². The molecule has 0 aliphatic carbocycles. The van der Waals surface area contributed by atoms with Gasteiger partial charge in [-0.3, -0.25) is 4.79 Å². The molecule has 0 unspecified atom stereocenters. The molecule has 17 heavy (non-hydrogen) atoms. The quantitative estimate of drug-likeness (QED) is 0.740. The number of carbonyl (C=O) groups excluding carboxylic acids is 1. The number of amides is 1. The van der Waals surface area contributed by atoms with Crippen LogP contribution in [-0.4, -0.2) is 35.4 Å². The van der Waals surface area contributed by atoms with E-state index in [-0.39, 0.29) is 11.5 Å². The molecule has 1 aromatic rings. The van der Waals surface area contributed by atoms with Crippen LogP contribution < -0.4 is 0 Å². The van der Waals surface area contributed by atoms with Crippen molar-refractivity contribution in [2.24, 2.45) is 0 Å². The number of benzene rings is 1. The van der Waals surface area contributed by atoms with Crippen LogP contribution in [0.15, 0.2) is 21.1 Å². The molecule has 0 spiro atoms. The van der Waals surface area contributed by atoms with E-state index in [9.17, 15) is 9.18 Å². The van der Waals surface area contributed by atoms with Crippen LogP contribution in [-0.2, 0) is 0 Å². The van der Waals surface area contributed by atoms with Gasteiger partial charge in [0.25, 0.3) is 5.91 Å². The van der Waals surface area contributed by atoms with Crippen LogP contribution in [0.25, 0.3) is 0 Å². The van der Waals surface area contributed by atoms with Gasteiger partial charge in [0, 0.05) is 33.5 Å². The maximum absolute atomic E-state index is 13.8. The van der Waals surface area contributed by atoms with Crippen molar-refractivity contribution >= 4 is 49.5 Å². The zero-order valence-corrected chi connectivity index (χ0v) is 12.9. The Bertz CT molecular complexity index is 426. The molecule has 1 aliphatic heterocycles. The molecule has 0 radical (unpaired) electrons. The summed E-state index contributed by atoms with van der Waals surface area (Å²) in [5.41, 5.74) is 0.125. The number of hydrogen-bond acceptors (Lipinski definition) is 2. The summed E-state index contributed by atoms with van der Waals surface area (Å²) in [7, 11) is 0. The minimum atomic E-state index is -0.491. The van der Waals surface area contributed by atoms with Crippen molar-refractivity contribution in [2.45, 2.75) is 0 Å². The van der Waals surface area contributed by atoms with E-state index in [2.05, 4.69) is 31.9 Å². The van der Waals surface area contributed by atoms with Crippen LogP contribution in [0.1, 0.15) is 10.4 Å². The molecule has 2 nitrogen and oxygen atoms in total. The van der Waals surface area contributed by atoms with Gasteiger partial charge in [-0.05, 0) is 28.1 Å². The lowest BCUT2D eigenvalue weighted by atomic mass is 10.2. The van der Waals surface area contributed by atoms with Gasteiger partial charge in [-0.25, -0.2) is 4.39 Å². The Hall–Kier alpha value is -0.0700. The van der Waals surface area contributed by atoms with Gasteiger partial charge in [-0.1, -0.05) is 15.9 Å². The van der Waals surface area contributed by atoms with Crippen molar-refractivity contribution in [3.8, 4) is 0 Å². The predicted octanol–water partition coefficient (Wildman–Crippen LogP) is 3.54. The van der Waals surface area contributed by atoms with E-state index in [1.807, 2.05) is 11.8 Å². The van der Waals surface area contributed by atoms with Crippen LogP contribution in [0.5, 0.6) is 0 Å². The number of thioether (sulfide) groups is 1. The first-order chi connectivity index (χ1) is 8.09. The average Bonchev–Trinajstić information content (AvgIpc) is 2.28. The lowest BCUT2D eigenvalue weighted by molar-refractivity contribution is 0.0766. The summed E-state index contributed by atoms with van der Waals surface area (Å²) in [5, 5.41) is 0. The van der Waals surface area contributed by atoms with Crippen molar-refractivity contribution in [1.82, 2.24) is 4.90 Å². The summed E-state index contributed by atoms with van der Waals surface area (Å²) in [6.07, 6.45) is 0. The molecular formula is C11H10Br2FNOS. The molecule has 1 heterocycles. The summed E-state index contributed by atoms with van der Waals surface area (Å²) in [5.74, 6) is 1.11. The van der Waals surface area contributed by atoms with Gasteiger partial charge in [-0.2, -0.15) is 11.8 Å². The summed E-state index contributed by atoms with van der Waals surface area (Å²) >= 11 is 8.25. The van der Waals surface area contributed by atoms with Crippen LogP contribution >= 0.6 is 43.6 Å². The third-order valence-corrected chi connectivity index (χ3v) is 4.54. The SMILES string of the molecule is O=C(c1c(F)cc(Br)cc1Br)N1CCSCC1. The molecule has 6 heteroatoms. The van der Waals surface area contributed by atoms with Crippen LogP contribution in [0, 0.1) is 5.82 Å². The number of nitrogens with zero attached hydrogens (tertiary/aromatic N) is 1. The number of hydrogen-bond donors (Lipinski definition) is 0. The number of halogens is 3. The Kier molecular flexibility index (Phi) is 4.49. The molecule has 1 saturated heterocycles. The average molecular weight is 383 g/mol. The van der Waals surface area contributed by atoms with Crippen LogP contribution in [0.4, 0.5) is 4.39 Å². The molecule has 92 valence electrons. The molecular weight excluding hydrogens is 373 g/mol. The Morgan fingerprint density at radius 2 is 1.94 bits per heavy atom. The van der Waals surface area contributed by atoms with E-state index in [1.165, 1.54) is 6.07 Å². The molecule has 0 N–H and O–H groups in total. The minimum Gasteiger partial charge on any atom is -0.337 e. The van der Waals surface area contributed by atoms with E-state index < -0.39 is 5.82 Å². The van der Waals surface area contributed by atoms with Gasteiger partial charge < -0.3 is 4.90 Å². The van der Waals surface area contributed by atoms with E-state index >= 15 is 0 Å². The molecule has 1 aromatic carbocycles. The highest BCUT2D eigenvalue weighted by molar-refractivity contribution is 9.11. The largest absolute Gasteiger partial charge is 0.337 e. The summed E-state index contributed by atoms with van der Waals surface area (Å²) in [6, 6.07) is 3.01. The highest BCUT2D eigenvalue weighted by atomic mass is 79.9. The Morgan fingerprint density at radius 1 is 1.29 bits per heavy atom. The predicted molar refractivity (Wildman–Crippen MR) is 75.0 cm³/mol. The fourth-order valence-corrected chi connectivity index (χ4v) is 3.92. The first kappa shape index (κ1) is 13.4. The van der Waals surface area contributed by atoms with Crippen molar-refractivity contribution in [2.75, 3.05) is 24.6 Å². The fraction of sp³-hybridized carbons (Fsp3) is 0.364. The van der Waals surface area contributed by atoms with Gasteiger partial charge in [0.1, 0.15) is 5.82 Å². The summed E-state index contributed by atoms with van der Waals surface area (Å²) < 4.78 is 14.9. The monoisotopic (exact) mass is 381 g/mol. The van der Waals surface area contributed by atoms with Crippen molar-refractivity contribution < 1.29 is 9.18 Å². The molecule has 1 aliphatic rings. The van der Waals surface area contributed by atoms with Gasteiger partial charge in [0.2, 0.25) is 0 Å².